The van der Waals surface area contributed by atoms with Gasteiger partial charge in [0.2, 0.25) is 5.91 Å². The summed E-state index contributed by atoms with van der Waals surface area (Å²) >= 11 is 0. The molecule has 0 aromatic carbocycles. The quantitative estimate of drug-likeness (QED) is 0.814. The van der Waals surface area contributed by atoms with Gasteiger partial charge in [0.05, 0.1) is 5.92 Å². The normalized spacial score (nSPS) is 35.6. The van der Waals surface area contributed by atoms with Gasteiger partial charge in [-0.15, -0.1) is 0 Å². The highest BCUT2D eigenvalue weighted by molar-refractivity contribution is 5.80. The summed E-state index contributed by atoms with van der Waals surface area (Å²) in [4.78, 5) is 14.5. The minimum atomic E-state index is 0.111. The maximum atomic E-state index is 12.6. The van der Waals surface area contributed by atoms with Gasteiger partial charge in [-0.1, -0.05) is 13.8 Å². The number of carbonyl (C=O) groups is 1. The van der Waals surface area contributed by atoms with Crippen LogP contribution in [0.1, 0.15) is 46.0 Å². The van der Waals surface area contributed by atoms with E-state index in [1.165, 1.54) is 19.3 Å². The first kappa shape index (κ1) is 12.9. The summed E-state index contributed by atoms with van der Waals surface area (Å²) in [5, 5.41) is 0. The summed E-state index contributed by atoms with van der Waals surface area (Å²) < 4.78 is 0. The van der Waals surface area contributed by atoms with E-state index in [2.05, 4.69) is 13.8 Å². The van der Waals surface area contributed by atoms with Crippen LogP contribution in [0.3, 0.4) is 0 Å². The number of carbonyl (C=O) groups excluding carboxylic acids is 1. The third-order valence-corrected chi connectivity index (χ3v) is 5.10. The largest absolute Gasteiger partial charge is 0.343 e. The van der Waals surface area contributed by atoms with Crippen LogP contribution in [0.15, 0.2) is 0 Å². The molecule has 0 aromatic heterocycles. The lowest BCUT2D eigenvalue weighted by atomic mass is 9.83. The fourth-order valence-electron chi connectivity index (χ4n) is 3.95. The van der Waals surface area contributed by atoms with E-state index in [9.17, 15) is 4.79 Å². The van der Waals surface area contributed by atoms with Crippen molar-refractivity contribution in [3.8, 4) is 0 Å². The fraction of sp³-hybridized carbons (Fsp3) is 0.929. The van der Waals surface area contributed by atoms with Gasteiger partial charge < -0.3 is 10.6 Å². The summed E-state index contributed by atoms with van der Waals surface area (Å²) in [5.74, 6) is 1.60. The Labute approximate surface area is 105 Å². The van der Waals surface area contributed by atoms with Gasteiger partial charge in [0.1, 0.15) is 0 Å². The van der Waals surface area contributed by atoms with Crippen LogP contribution in [-0.2, 0) is 4.79 Å². The number of nitrogens with two attached hydrogens (primary N) is 1. The van der Waals surface area contributed by atoms with E-state index in [1.807, 2.05) is 11.9 Å². The van der Waals surface area contributed by atoms with E-state index in [4.69, 9.17) is 5.73 Å². The Bertz CT molecular complexity index is 286. The lowest BCUT2D eigenvalue weighted by Crippen LogP contribution is -2.48. The van der Waals surface area contributed by atoms with Gasteiger partial charge in [0.15, 0.2) is 0 Å². The molecule has 4 atom stereocenters. The predicted octanol–water partition coefficient (Wildman–Crippen LogP) is 2.01. The van der Waals surface area contributed by atoms with Gasteiger partial charge in [0, 0.05) is 19.1 Å². The first-order valence-corrected chi connectivity index (χ1v) is 7.12. The number of nitrogens with zero attached hydrogens (tertiary/aromatic N) is 1. The second-order valence-electron chi connectivity index (χ2n) is 5.86. The minimum absolute atomic E-state index is 0.111. The lowest BCUT2D eigenvalue weighted by Gasteiger charge is -2.34. The first-order chi connectivity index (χ1) is 8.10. The second kappa shape index (κ2) is 4.97. The van der Waals surface area contributed by atoms with Crippen molar-refractivity contribution in [2.24, 2.45) is 23.5 Å². The number of rotatable bonds is 4. The molecule has 0 saturated heterocycles. The van der Waals surface area contributed by atoms with E-state index in [0.29, 0.717) is 23.8 Å². The average Bonchev–Trinajstić information content (AvgIpc) is 2.90. The number of hydrogen-bond acceptors (Lipinski definition) is 2. The Balaban J connectivity index is 2.05. The Morgan fingerprint density at radius 1 is 1.29 bits per heavy atom. The molecule has 0 radical (unpaired) electrons. The van der Waals surface area contributed by atoms with Crippen LogP contribution in [0.5, 0.6) is 0 Å². The molecule has 2 fully saturated rings. The van der Waals surface area contributed by atoms with E-state index in [0.717, 1.165) is 12.8 Å². The zero-order valence-corrected chi connectivity index (χ0v) is 11.4. The highest BCUT2D eigenvalue weighted by atomic mass is 16.2. The lowest BCUT2D eigenvalue weighted by molar-refractivity contribution is -0.138. The topological polar surface area (TPSA) is 46.3 Å². The molecule has 2 aliphatic rings. The van der Waals surface area contributed by atoms with Gasteiger partial charge in [-0.2, -0.15) is 0 Å². The van der Waals surface area contributed by atoms with Crippen LogP contribution >= 0.6 is 0 Å². The molecule has 1 amide bonds. The Hall–Kier alpha value is -0.570. The summed E-state index contributed by atoms with van der Waals surface area (Å²) in [5.41, 5.74) is 6.24. The SMILES string of the molecule is CCC(CC)N(C)C(=O)C1C2CCC(C2)C1N. The zero-order valence-electron chi connectivity index (χ0n) is 11.4. The summed E-state index contributed by atoms with van der Waals surface area (Å²) in [7, 11) is 1.96. The van der Waals surface area contributed by atoms with E-state index in [-0.39, 0.29) is 12.0 Å². The number of amides is 1. The van der Waals surface area contributed by atoms with Crippen molar-refractivity contribution in [2.45, 2.75) is 58.0 Å². The molecule has 3 nitrogen and oxygen atoms in total. The first-order valence-electron chi connectivity index (χ1n) is 7.12. The van der Waals surface area contributed by atoms with Crippen molar-refractivity contribution in [1.29, 1.82) is 0 Å². The molecule has 17 heavy (non-hydrogen) atoms. The summed E-state index contributed by atoms with van der Waals surface area (Å²) in [6, 6.07) is 0.506. The monoisotopic (exact) mass is 238 g/mol. The van der Waals surface area contributed by atoms with Crippen LogP contribution in [-0.4, -0.2) is 29.9 Å². The van der Waals surface area contributed by atoms with Crippen LogP contribution in [0.25, 0.3) is 0 Å². The zero-order chi connectivity index (χ0) is 12.6. The molecule has 2 N–H and O–H groups in total. The van der Waals surface area contributed by atoms with Crippen molar-refractivity contribution in [1.82, 2.24) is 4.90 Å². The molecule has 0 aromatic rings. The number of hydrogen-bond donors (Lipinski definition) is 1. The fourth-order valence-corrected chi connectivity index (χ4v) is 3.95. The van der Waals surface area contributed by atoms with Crippen LogP contribution in [0.4, 0.5) is 0 Å². The van der Waals surface area contributed by atoms with Crippen molar-refractivity contribution in [3.63, 3.8) is 0 Å². The third kappa shape index (κ3) is 2.10. The highest BCUT2D eigenvalue weighted by Gasteiger charge is 2.50. The van der Waals surface area contributed by atoms with Crippen molar-refractivity contribution < 1.29 is 4.79 Å². The van der Waals surface area contributed by atoms with E-state index in [1.54, 1.807) is 0 Å². The van der Waals surface area contributed by atoms with Crippen LogP contribution in [0, 0.1) is 17.8 Å². The van der Waals surface area contributed by atoms with Crippen molar-refractivity contribution >= 4 is 5.91 Å². The molecule has 2 rings (SSSR count). The van der Waals surface area contributed by atoms with Crippen molar-refractivity contribution in [2.75, 3.05) is 7.05 Å². The average molecular weight is 238 g/mol. The molecule has 0 spiro atoms. The van der Waals surface area contributed by atoms with Gasteiger partial charge in [-0.3, -0.25) is 4.79 Å². The molecule has 98 valence electrons. The molecular formula is C14H26N2O. The van der Waals surface area contributed by atoms with E-state index >= 15 is 0 Å². The Morgan fingerprint density at radius 2 is 1.88 bits per heavy atom. The molecule has 2 saturated carbocycles. The Kier molecular flexibility index (Phi) is 3.76. The van der Waals surface area contributed by atoms with E-state index < -0.39 is 0 Å². The van der Waals surface area contributed by atoms with Gasteiger partial charge in [0.25, 0.3) is 0 Å². The van der Waals surface area contributed by atoms with Gasteiger partial charge in [-0.25, -0.2) is 0 Å². The second-order valence-corrected chi connectivity index (χ2v) is 5.86. The third-order valence-electron chi connectivity index (χ3n) is 5.10. The molecule has 4 unspecified atom stereocenters. The number of fused-ring (bicyclic) bond motifs is 2. The molecular weight excluding hydrogens is 212 g/mol. The van der Waals surface area contributed by atoms with Crippen LogP contribution in [0.2, 0.25) is 0 Å². The maximum Gasteiger partial charge on any atom is 0.227 e. The van der Waals surface area contributed by atoms with Gasteiger partial charge >= 0.3 is 0 Å². The van der Waals surface area contributed by atoms with Gasteiger partial charge in [-0.05, 0) is 43.9 Å². The molecule has 0 heterocycles. The molecule has 2 bridgehead atoms. The minimum Gasteiger partial charge on any atom is -0.343 e. The Morgan fingerprint density at radius 3 is 2.35 bits per heavy atom. The smallest absolute Gasteiger partial charge is 0.227 e. The summed E-state index contributed by atoms with van der Waals surface area (Å²) in [6.45, 7) is 4.30. The van der Waals surface area contributed by atoms with Crippen LogP contribution < -0.4 is 5.73 Å². The molecule has 3 heteroatoms. The molecule has 0 aliphatic heterocycles. The highest BCUT2D eigenvalue weighted by Crippen LogP contribution is 2.48. The predicted molar refractivity (Wildman–Crippen MR) is 69.4 cm³/mol. The molecule has 2 aliphatic carbocycles. The maximum absolute atomic E-state index is 12.6. The standard InChI is InChI=1S/C14H26N2O/c1-4-11(5-2)16(3)14(17)12-9-6-7-10(8-9)13(12)15/h9-13H,4-8,15H2,1-3H3. The summed E-state index contributed by atoms with van der Waals surface area (Å²) in [6.07, 6.45) is 5.72. The van der Waals surface area contributed by atoms with Crippen molar-refractivity contribution in [3.05, 3.63) is 0 Å².